The normalized spacial score (nSPS) is 11.4. The van der Waals surface area contributed by atoms with Gasteiger partial charge in [-0.25, -0.2) is 0 Å². The number of amides is 1. The Balaban J connectivity index is 2.02. The van der Waals surface area contributed by atoms with Crippen LogP contribution >= 0.6 is 15.9 Å². The van der Waals surface area contributed by atoms with Crippen molar-refractivity contribution in [3.05, 3.63) is 46.7 Å². The quantitative estimate of drug-likeness (QED) is 0.926. The average molecular weight is 348 g/mol. The molecular weight excluding hydrogens is 339 g/mol. The zero-order chi connectivity index (χ0) is 14.8. The fourth-order valence-electron chi connectivity index (χ4n) is 1.49. The fourth-order valence-corrected chi connectivity index (χ4v) is 1.76. The van der Waals surface area contributed by atoms with Gasteiger partial charge < -0.3 is 5.32 Å². The van der Waals surface area contributed by atoms with Gasteiger partial charge in [0.15, 0.2) is 0 Å². The van der Waals surface area contributed by atoms with Gasteiger partial charge in [0.05, 0.1) is 18.4 Å². The molecule has 0 spiro atoms. The van der Waals surface area contributed by atoms with Crippen LogP contribution in [0.15, 0.2) is 41.1 Å². The first kappa shape index (κ1) is 14.6. The number of carbonyl (C=O) groups excluding carboxylic acids is 1. The molecule has 0 unspecified atom stereocenters. The number of anilines is 1. The highest BCUT2D eigenvalue weighted by Gasteiger charge is 2.38. The molecular formula is C12H9BrF3N3O. The van der Waals surface area contributed by atoms with Gasteiger partial charge in [-0.05, 0) is 17.7 Å². The van der Waals surface area contributed by atoms with Gasteiger partial charge in [-0.1, -0.05) is 28.1 Å². The molecule has 0 aliphatic carbocycles. The van der Waals surface area contributed by atoms with Gasteiger partial charge in [0.1, 0.15) is 0 Å². The Hall–Kier alpha value is -1.83. The molecule has 1 amide bonds. The highest BCUT2D eigenvalue weighted by molar-refractivity contribution is 9.10. The molecule has 0 saturated heterocycles. The largest absolute Gasteiger partial charge is 0.471 e. The highest BCUT2D eigenvalue weighted by atomic mass is 79.9. The minimum Gasteiger partial charge on any atom is -0.316 e. The highest BCUT2D eigenvalue weighted by Crippen LogP contribution is 2.18. The minimum atomic E-state index is -4.91. The van der Waals surface area contributed by atoms with Crippen LogP contribution in [-0.2, 0) is 11.3 Å². The third-order valence-electron chi connectivity index (χ3n) is 2.41. The zero-order valence-electron chi connectivity index (χ0n) is 9.99. The molecule has 2 rings (SSSR count). The van der Waals surface area contributed by atoms with E-state index in [2.05, 4.69) is 21.0 Å². The van der Waals surface area contributed by atoms with Gasteiger partial charge in [-0.15, -0.1) is 0 Å². The number of benzene rings is 1. The maximum atomic E-state index is 12.1. The van der Waals surface area contributed by atoms with Crippen LogP contribution in [0.3, 0.4) is 0 Å². The summed E-state index contributed by atoms with van der Waals surface area (Å²) in [6, 6.07) is 7.43. The third-order valence-corrected chi connectivity index (χ3v) is 2.94. The molecule has 0 aliphatic rings. The number of aromatic nitrogens is 2. The summed E-state index contributed by atoms with van der Waals surface area (Å²) in [7, 11) is 0. The van der Waals surface area contributed by atoms with Crippen molar-refractivity contribution in [2.45, 2.75) is 12.7 Å². The summed E-state index contributed by atoms with van der Waals surface area (Å²) in [4.78, 5) is 10.8. The Morgan fingerprint density at radius 1 is 1.30 bits per heavy atom. The Bertz CT molecular complexity index is 607. The molecule has 0 fully saturated rings. The van der Waals surface area contributed by atoms with Gasteiger partial charge in [-0.3, -0.25) is 9.48 Å². The summed E-state index contributed by atoms with van der Waals surface area (Å²) in [6.07, 6.45) is -2.40. The van der Waals surface area contributed by atoms with E-state index in [9.17, 15) is 18.0 Å². The maximum absolute atomic E-state index is 12.1. The molecule has 106 valence electrons. The van der Waals surface area contributed by atoms with Crippen LogP contribution in [-0.4, -0.2) is 21.9 Å². The second-order valence-corrected chi connectivity index (χ2v) is 4.92. The van der Waals surface area contributed by atoms with E-state index in [0.717, 1.165) is 10.0 Å². The van der Waals surface area contributed by atoms with E-state index in [1.807, 2.05) is 24.3 Å². The van der Waals surface area contributed by atoms with Crippen molar-refractivity contribution >= 4 is 27.5 Å². The number of alkyl halides is 3. The van der Waals surface area contributed by atoms with Crippen LogP contribution in [0.1, 0.15) is 5.56 Å². The molecule has 2 aromatic rings. The van der Waals surface area contributed by atoms with Crippen LogP contribution in [0.5, 0.6) is 0 Å². The predicted octanol–water partition coefficient (Wildman–Crippen LogP) is 3.19. The number of rotatable bonds is 3. The molecule has 0 bridgehead atoms. The van der Waals surface area contributed by atoms with Crippen molar-refractivity contribution < 1.29 is 18.0 Å². The molecule has 1 heterocycles. The number of hydrogen-bond acceptors (Lipinski definition) is 2. The molecule has 20 heavy (non-hydrogen) atoms. The van der Waals surface area contributed by atoms with Gasteiger partial charge in [0, 0.05) is 10.7 Å². The van der Waals surface area contributed by atoms with Crippen LogP contribution in [0, 0.1) is 0 Å². The standard InChI is InChI=1S/C12H9BrF3N3O/c13-9-3-1-8(2-4-9)6-19-7-10(5-17-19)18-11(20)12(14,15)16/h1-5,7H,6H2,(H,18,20). The van der Waals surface area contributed by atoms with Crippen molar-refractivity contribution in [1.29, 1.82) is 0 Å². The first-order valence-electron chi connectivity index (χ1n) is 5.49. The van der Waals surface area contributed by atoms with Gasteiger partial charge in [0.25, 0.3) is 0 Å². The van der Waals surface area contributed by atoms with Gasteiger partial charge >= 0.3 is 12.1 Å². The third kappa shape index (κ3) is 3.83. The monoisotopic (exact) mass is 347 g/mol. The smallest absolute Gasteiger partial charge is 0.316 e. The molecule has 0 atom stereocenters. The zero-order valence-corrected chi connectivity index (χ0v) is 11.6. The summed E-state index contributed by atoms with van der Waals surface area (Å²) < 4.78 is 38.6. The molecule has 0 aliphatic heterocycles. The summed E-state index contributed by atoms with van der Waals surface area (Å²) in [5, 5.41) is 5.63. The second kappa shape index (κ2) is 5.66. The van der Waals surface area contributed by atoms with Crippen molar-refractivity contribution in [3.63, 3.8) is 0 Å². The van der Waals surface area contributed by atoms with E-state index < -0.39 is 12.1 Å². The van der Waals surface area contributed by atoms with Crippen molar-refractivity contribution in [1.82, 2.24) is 9.78 Å². The molecule has 4 nitrogen and oxygen atoms in total. The number of nitrogens with one attached hydrogen (secondary N) is 1. The lowest BCUT2D eigenvalue weighted by Crippen LogP contribution is -2.29. The lowest BCUT2D eigenvalue weighted by molar-refractivity contribution is -0.167. The molecule has 0 radical (unpaired) electrons. The van der Waals surface area contributed by atoms with E-state index >= 15 is 0 Å². The maximum Gasteiger partial charge on any atom is 0.471 e. The fraction of sp³-hybridized carbons (Fsp3) is 0.167. The Kier molecular flexibility index (Phi) is 4.12. The topological polar surface area (TPSA) is 46.9 Å². The first-order chi connectivity index (χ1) is 9.34. The summed E-state index contributed by atoms with van der Waals surface area (Å²) in [5.41, 5.74) is 0.939. The molecule has 1 N–H and O–H groups in total. The van der Waals surface area contributed by atoms with E-state index in [4.69, 9.17) is 0 Å². The van der Waals surface area contributed by atoms with E-state index in [0.29, 0.717) is 6.54 Å². The van der Waals surface area contributed by atoms with Crippen LogP contribution in [0.25, 0.3) is 0 Å². The molecule has 0 saturated carbocycles. The molecule has 8 heteroatoms. The number of hydrogen-bond donors (Lipinski definition) is 1. The van der Waals surface area contributed by atoms with Crippen molar-refractivity contribution in [2.24, 2.45) is 0 Å². The first-order valence-corrected chi connectivity index (χ1v) is 6.29. The Labute approximate surface area is 120 Å². The van der Waals surface area contributed by atoms with Crippen LogP contribution < -0.4 is 5.32 Å². The van der Waals surface area contributed by atoms with Gasteiger partial charge in [0.2, 0.25) is 0 Å². The lowest BCUT2D eigenvalue weighted by atomic mass is 10.2. The Morgan fingerprint density at radius 3 is 2.55 bits per heavy atom. The van der Waals surface area contributed by atoms with Crippen molar-refractivity contribution in [3.8, 4) is 0 Å². The summed E-state index contributed by atoms with van der Waals surface area (Å²) in [5.74, 6) is -2.01. The van der Waals surface area contributed by atoms with Gasteiger partial charge in [-0.2, -0.15) is 18.3 Å². The molecule has 1 aromatic carbocycles. The lowest BCUT2D eigenvalue weighted by Gasteiger charge is -2.05. The summed E-state index contributed by atoms with van der Waals surface area (Å²) in [6.45, 7) is 0.398. The van der Waals surface area contributed by atoms with E-state index in [1.165, 1.54) is 17.1 Å². The SMILES string of the molecule is O=C(Nc1cnn(Cc2ccc(Br)cc2)c1)C(F)(F)F. The summed E-state index contributed by atoms with van der Waals surface area (Å²) >= 11 is 3.30. The predicted molar refractivity (Wildman–Crippen MR) is 70.2 cm³/mol. The van der Waals surface area contributed by atoms with Crippen LogP contribution in [0.2, 0.25) is 0 Å². The number of carbonyl (C=O) groups is 1. The Morgan fingerprint density at radius 2 is 1.95 bits per heavy atom. The minimum absolute atomic E-state index is 0.00411. The second-order valence-electron chi connectivity index (χ2n) is 4.00. The van der Waals surface area contributed by atoms with Crippen LogP contribution in [0.4, 0.5) is 18.9 Å². The molecule has 1 aromatic heterocycles. The average Bonchev–Trinajstić information content (AvgIpc) is 2.78. The van der Waals surface area contributed by atoms with E-state index in [-0.39, 0.29) is 5.69 Å². The number of nitrogens with zero attached hydrogens (tertiary/aromatic N) is 2. The van der Waals surface area contributed by atoms with E-state index in [1.54, 1.807) is 5.32 Å². The number of halogens is 4. The van der Waals surface area contributed by atoms with Crippen molar-refractivity contribution in [2.75, 3.05) is 5.32 Å².